The van der Waals surface area contributed by atoms with E-state index in [1.54, 1.807) is 44.6 Å². The highest BCUT2D eigenvalue weighted by molar-refractivity contribution is 7.89. The molecule has 2 aromatic carbocycles. The minimum atomic E-state index is -3.76. The number of benzene rings is 2. The molecule has 0 fully saturated rings. The topological polar surface area (TPSA) is 94.8 Å². The Bertz CT molecular complexity index is 1170. The summed E-state index contributed by atoms with van der Waals surface area (Å²) in [5.41, 5.74) is 1.75. The van der Waals surface area contributed by atoms with Gasteiger partial charge in [0.1, 0.15) is 0 Å². The van der Waals surface area contributed by atoms with E-state index in [1.807, 2.05) is 26.0 Å². The molecular weight excluding hydrogens is 442 g/mol. The largest absolute Gasteiger partial charge is 0.493 e. The van der Waals surface area contributed by atoms with Crippen molar-refractivity contribution in [3.63, 3.8) is 0 Å². The first-order valence-electron chi connectivity index (χ1n) is 10.9. The van der Waals surface area contributed by atoms with Gasteiger partial charge in [0.25, 0.3) is 0 Å². The zero-order chi connectivity index (χ0) is 24.2. The van der Waals surface area contributed by atoms with Crippen LogP contribution in [0.2, 0.25) is 0 Å². The maximum atomic E-state index is 13.5. The van der Waals surface area contributed by atoms with Gasteiger partial charge in [0.15, 0.2) is 11.5 Å². The highest BCUT2D eigenvalue weighted by Gasteiger charge is 2.30. The first-order valence-corrected chi connectivity index (χ1v) is 12.3. The first kappa shape index (κ1) is 24.7. The third-order valence-electron chi connectivity index (χ3n) is 5.64. The quantitative estimate of drug-likeness (QED) is 0.415. The molecule has 3 aromatic rings. The van der Waals surface area contributed by atoms with Gasteiger partial charge in [-0.05, 0) is 55.2 Å². The van der Waals surface area contributed by atoms with Crippen molar-refractivity contribution in [2.24, 2.45) is 0 Å². The summed E-state index contributed by atoms with van der Waals surface area (Å²) < 4.78 is 44.3. The molecule has 8 nitrogen and oxygen atoms in total. The molecule has 0 aliphatic heterocycles. The van der Waals surface area contributed by atoms with Gasteiger partial charge in [0, 0.05) is 11.6 Å². The normalized spacial score (nSPS) is 12.8. The molecule has 0 spiro atoms. The molecule has 0 saturated carbocycles. The SMILES string of the molecule is CC[C@@H](C)N(Cc1nc(-c2ccc(OC)c(OC)c2)no1)S(=O)(=O)c1ccc(C(C)C)cc1. The Morgan fingerprint density at radius 3 is 2.24 bits per heavy atom. The fraction of sp³-hybridized carbons (Fsp3) is 0.417. The maximum Gasteiger partial charge on any atom is 0.243 e. The number of methoxy groups -OCH3 is 2. The number of rotatable bonds is 10. The van der Waals surface area contributed by atoms with Crippen LogP contribution in [0.4, 0.5) is 0 Å². The number of aromatic nitrogens is 2. The van der Waals surface area contributed by atoms with E-state index in [1.165, 1.54) is 4.31 Å². The van der Waals surface area contributed by atoms with E-state index >= 15 is 0 Å². The number of sulfonamides is 1. The summed E-state index contributed by atoms with van der Waals surface area (Å²) in [5.74, 6) is 1.99. The van der Waals surface area contributed by atoms with Crippen molar-refractivity contribution in [2.75, 3.05) is 14.2 Å². The van der Waals surface area contributed by atoms with Crippen molar-refractivity contribution in [3.8, 4) is 22.9 Å². The van der Waals surface area contributed by atoms with Crippen LogP contribution in [0, 0.1) is 0 Å². The second kappa shape index (κ2) is 10.4. The molecule has 1 atom stereocenters. The molecule has 9 heteroatoms. The van der Waals surface area contributed by atoms with Gasteiger partial charge in [0.05, 0.1) is 25.7 Å². The molecule has 3 rings (SSSR count). The van der Waals surface area contributed by atoms with Crippen LogP contribution in [0.3, 0.4) is 0 Å². The Labute approximate surface area is 195 Å². The van der Waals surface area contributed by atoms with Crippen LogP contribution in [-0.4, -0.2) is 43.1 Å². The fourth-order valence-corrected chi connectivity index (χ4v) is 5.04. The maximum absolute atomic E-state index is 13.5. The number of hydrogen-bond acceptors (Lipinski definition) is 7. The Morgan fingerprint density at radius 1 is 1.00 bits per heavy atom. The summed E-state index contributed by atoms with van der Waals surface area (Å²) >= 11 is 0. The predicted molar refractivity (Wildman–Crippen MR) is 126 cm³/mol. The van der Waals surface area contributed by atoms with Crippen LogP contribution in [0.25, 0.3) is 11.4 Å². The minimum Gasteiger partial charge on any atom is -0.493 e. The molecule has 0 N–H and O–H groups in total. The van der Waals surface area contributed by atoms with Crippen LogP contribution in [0.5, 0.6) is 11.5 Å². The lowest BCUT2D eigenvalue weighted by Gasteiger charge is -2.26. The zero-order valence-electron chi connectivity index (χ0n) is 19.9. The molecule has 0 aliphatic rings. The van der Waals surface area contributed by atoms with E-state index in [9.17, 15) is 8.42 Å². The molecule has 178 valence electrons. The number of hydrogen-bond donors (Lipinski definition) is 0. The van der Waals surface area contributed by atoms with E-state index < -0.39 is 10.0 Å². The molecule has 0 bridgehead atoms. The monoisotopic (exact) mass is 473 g/mol. The first-order chi connectivity index (χ1) is 15.7. The standard InChI is InChI=1S/C24H31N3O5S/c1-7-17(4)27(33(28,29)20-11-8-18(9-12-20)16(2)3)15-23-25-24(26-32-23)19-10-13-21(30-5)22(14-19)31-6/h8-14,16-17H,7,15H2,1-6H3/t17-/m1/s1. The third kappa shape index (κ3) is 5.36. The van der Waals surface area contributed by atoms with Gasteiger partial charge in [-0.3, -0.25) is 0 Å². The van der Waals surface area contributed by atoms with Crippen LogP contribution in [-0.2, 0) is 16.6 Å². The molecule has 0 amide bonds. The van der Waals surface area contributed by atoms with Crippen molar-refractivity contribution in [2.45, 2.75) is 57.5 Å². The second-order valence-electron chi connectivity index (χ2n) is 8.11. The molecular formula is C24H31N3O5S. The number of nitrogens with zero attached hydrogens (tertiary/aromatic N) is 3. The molecule has 0 radical (unpaired) electrons. The summed E-state index contributed by atoms with van der Waals surface area (Å²) in [7, 11) is -0.652. The second-order valence-corrected chi connectivity index (χ2v) is 10.0. The predicted octanol–water partition coefficient (Wildman–Crippen LogP) is 4.87. The molecule has 1 aromatic heterocycles. The minimum absolute atomic E-state index is 0.0242. The van der Waals surface area contributed by atoms with Crippen molar-refractivity contribution in [3.05, 3.63) is 53.9 Å². The van der Waals surface area contributed by atoms with E-state index in [4.69, 9.17) is 14.0 Å². The van der Waals surface area contributed by atoms with E-state index in [0.29, 0.717) is 35.2 Å². The van der Waals surface area contributed by atoms with Gasteiger partial charge in [-0.15, -0.1) is 0 Å². The van der Waals surface area contributed by atoms with Crippen molar-refractivity contribution in [1.29, 1.82) is 0 Å². The number of ether oxygens (including phenoxy) is 2. The highest BCUT2D eigenvalue weighted by atomic mass is 32.2. The van der Waals surface area contributed by atoms with Crippen molar-refractivity contribution >= 4 is 10.0 Å². The smallest absolute Gasteiger partial charge is 0.243 e. The van der Waals surface area contributed by atoms with Crippen LogP contribution in [0.1, 0.15) is 51.5 Å². The molecule has 0 aliphatic carbocycles. The van der Waals surface area contributed by atoms with Crippen LogP contribution < -0.4 is 9.47 Å². The third-order valence-corrected chi connectivity index (χ3v) is 7.61. The van der Waals surface area contributed by atoms with E-state index in [2.05, 4.69) is 24.0 Å². The average molecular weight is 474 g/mol. The summed E-state index contributed by atoms with van der Waals surface area (Å²) in [6.07, 6.45) is 0.639. The van der Waals surface area contributed by atoms with Crippen molar-refractivity contribution < 1.29 is 22.4 Å². The Morgan fingerprint density at radius 2 is 1.67 bits per heavy atom. The summed E-state index contributed by atoms with van der Waals surface area (Å²) in [4.78, 5) is 4.67. The highest BCUT2D eigenvalue weighted by Crippen LogP contribution is 2.31. The van der Waals surface area contributed by atoms with E-state index in [-0.39, 0.29) is 23.4 Å². The van der Waals surface area contributed by atoms with Crippen LogP contribution in [0.15, 0.2) is 51.9 Å². The van der Waals surface area contributed by atoms with Crippen molar-refractivity contribution in [1.82, 2.24) is 14.4 Å². The fourth-order valence-electron chi connectivity index (χ4n) is 3.39. The summed E-state index contributed by atoms with van der Waals surface area (Å²) in [6, 6.07) is 12.0. The van der Waals surface area contributed by atoms with Gasteiger partial charge in [-0.2, -0.15) is 9.29 Å². The van der Waals surface area contributed by atoms with Gasteiger partial charge >= 0.3 is 0 Å². The lowest BCUT2D eigenvalue weighted by molar-refractivity contribution is 0.272. The van der Waals surface area contributed by atoms with Gasteiger partial charge < -0.3 is 14.0 Å². The Kier molecular flexibility index (Phi) is 7.76. The van der Waals surface area contributed by atoms with Gasteiger partial charge in [-0.25, -0.2) is 8.42 Å². The molecule has 1 heterocycles. The van der Waals surface area contributed by atoms with E-state index in [0.717, 1.165) is 5.56 Å². The molecule has 0 saturated heterocycles. The Hall–Kier alpha value is -2.91. The molecule has 0 unspecified atom stereocenters. The average Bonchev–Trinajstić information content (AvgIpc) is 3.30. The Balaban J connectivity index is 1.89. The van der Waals surface area contributed by atoms with Gasteiger partial charge in [0.2, 0.25) is 21.7 Å². The zero-order valence-corrected chi connectivity index (χ0v) is 20.7. The molecule has 33 heavy (non-hydrogen) atoms. The van der Waals surface area contributed by atoms with Gasteiger partial charge in [-0.1, -0.05) is 38.1 Å². The lowest BCUT2D eigenvalue weighted by Crippen LogP contribution is -2.37. The summed E-state index contributed by atoms with van der Waals surface area (Å²) in [5, 5.41) is 4.04. The lowest BCUT2D eigenvalue weighted by atomic mass is 10.0. The summed E-state index contributed by atoms with van der Waals surface area (Å²) in [6.45, 7) is 7.92. The van der Waals surface area contributed by atoms with Crippen LogP contribution >= 0.6 is 0 Å².